The summed E-state index contributed by atoms with van der Waals surface area (Å²) >= 11 is 0. The van der Waals surface area contributed by atoms with Crippen molar-refractivity contribution in [3.05, 3.63) is 54.4 Å². The molecule has 1 amide bonds. The summed E-state index contributed by atoms with van der Waals surface area (Å²) in [6.45, 7) is 0. The van der Waals surface area contributed by atoms with Crippen LogP contribution in [0.2, 0.25) is 0 Å². The highest BCUT2D eigenvalue weighted by atomic mass is 19.1. The van der Waals surface area contributed by atoms with Crippen LogP contribution in [0.1, 0.15) is 38.5 Å². The largest absolute Gasteiger partial charge is 0.323 e. The number of hydrogen-bond acceptors (Lipinski definition) is 1. The van der Waals surface area contributed by atoms with Crippen molar-refractivity contribution in [3.8, 4) is 0 Å². The summed E-state index contributed by atoms with van der Waals surface area (Å²) in [6, 6.07) is 6.37. The highest BCUT2D eigenvalue weighted by Gasteiger charge is 2.52. The van der Waals surface area contributed by atoms with Gasteiger partial charge in [0.1, 0.15) is 5.82 Å². The maximum Gasteiger partial charge on any atom is 0.228 e. The Hall–Kier alpha value is -1.90. The number of fused-ring (bicyclic) bond motifs is 1. The first-order valence-corrected chi connectivity index (χ1v) is 8.63. The van der Waals surface area contributed by atoms with E-state index in [1.165, 1.54) is 6.07 Å². The predicted octanol–water partition coefficient (Wildman–Crippen LogP) is 5.09. The summed E-state index contributed by atoms with van der Waals surface area (Å²) in [6.07, 6.45) is 15.3. The van der Waals surface area contributed by atoms with E-state index in [1.54, 1.807) is 18.2 Å². The minimum absolute atomic E-state index is 0.0204. The summed E-state index contributed by atoms with van der Waals surface area (Å²) in [5.41, 5.74) is 0.291. The molecule has 2 nitrogen and oxygen atoms in total. The standard InChI is InChI=1S/C20H24FNO/c21-17-13-9-10-14-18(17)22-20(23)19-15-11-7-5-3-1-2-4-6-8-12-16(15)19/h3-6,9-10,13-16,19H,1-2,7-8,11-12H2,(H,22,23)/b5-3-,6-4-. The van der Waals surface area contributed by atoms with E-state index in [0.717, 1.165) is 38.5 Å². The molecule has 2 aliphatic carbocycles. The number of carbonyl (C=O) groups excluding carboxylic acids is 1. The lowest BCUT2D eigenvalue weighted by Crippen LogP contribution is -2.16. The van der Waals surface area contributed by atoms with Gasteiger partial charge in [0.2, 0.25) is 5.91 Å². The third-order valence-corrected chi connectivity index (χ3v) is 4.93. The van der Waals surface area contributed by atoms with Gasteiger partial charge in [-0.3, -0.25) is 4.79 Å². The first-order chi connectivity index (χ1) is 11.3. The monoisotopic (exact) mass is 313 g/mol. The van der Waals surface area contributed by atoms with Crippen LogP contribution in [0.25, 0.3) is 0 Å². The van der Waals surface area contributed by atoms with Crippen LogP contribution < -0.4 is 5.32 Å². The van der Waals surface area contributed by atoms with Crippen LogP contribution in [0, 0.1) is 23.6 Å². The zero-order valence-corrected chi connectivity index (χ0v) is 13.4. The maximum atomic E-state index is 13.7. The summed E-state index contributed by atoms with van der Waals surface area (Å²) in [5, 5.41) is 2.78. The Kier molecular flexibility index (Phi) is 5.27. The van der Waals surface area contributed by atoms with Crippen LogP contribution in [-0.4, -0.2) is 5.91 Å². The minimum Gasteiger partial charge on any atom is -0.323 e. The Labute approximate surface area is 137 Å². The maximum absolute atomic E-state index is 13.7. The number of rotatable bonds is 2. The molecule has 2 atom stereocenters. The lowest BCUT2D eigenvalue weighted by atomic mass is 10.1. The molecule has 1 aromatic rings. The first-order valence-electron chi connectivity index (χ1n) is 8.63. The van der Waals surface area contributed by atoms with Crippen molar-refractivity contribution >= 4 is 11.6 Å². The third kappa shape index (κ3) is 4.10. The fraction of sp³-hybridized carbons (Fsp3) is 0.450. The number of allylic oxidation sites excluding steroid dienone is 4. The molecule has 0 spiro atoms. The number of benzene rings is 1. The highest BCUT2D eigenvalue weighted by molar-refractivity contribution is 5.95. The molecule has 1 N–H and O–H groups in total. The first kappa shape index (κ1) is 16.0. The normalized spacial score (nSPS) is 30.2. The molecule has 1 fully saturated rings. The topological polar surface area (TPSA) is 29.1 Å². The molecule has 0 aromatic heterocycles. The summed E-state index contributed by atoms with van der Waals surface area (Å²) < 4.78 is 13.7. The number of para-hydroxylation sites is 1. The van der Waals surface area contributed by atoms with E-state index >= 15 is 0 Å². The van der Waals surface area contributed by atoms with Crippen LogP contribution in [-0.2, 0) is 4.79 Å². The number of amides is 1. The van der Waals surface area contributed by atoms with Gasteiger partial charge in [0.15, 0.2) is 0 Å². The van der Waals surface area contributed by atoms with Crippen molar-refractivity contribution in [2.45, 2.75) is 38.5 Å². The summed E-state index contributed by atoms with van der Waals surface area (Å²) in [7, 11) is 0. The molecule has 3 heteroatoms. The molecule has 0 radical (unpaired) electrons. The van der Waals surface area contributed by atoms with Crippen molar-refractivity contribution in [2.75, 3.05) is 5.32 Å². The summed E-state index contributed by atoms with van der Waals surface area (Å²) in [5.74, 6) is 0.537. The fourth-order valence-electron chi connectivity index (χ4n) is 3.64. The molecule has 2 unspecified atom stereocenters. The van der Waals surface area contributed by atoms with E-state index in [9.17, 15) is 9.18 Å². The predicted molar refractivity (Wildman–Crippen MR) is 91.5 cm³/mol. The molecule has 122 valence electrons. The van der Waals surface area contributed by atoms with Crippen LogP contribution in [0.15, 0.2) is 48.6 Å². The van der Waals surface area contributed by atoms with Gasteiger partial charge in [-0.15, -0.1) is 0 Å². The number of carbonyl (C=O) groups is 1. The second kappa shape index (κ2) is 7.58. The minimum atomic E-state index is -0.369. The Balaban J connectivity index is 1.63. The zero-order chi connectivity index (χ0) is 16.1. The molecular weight excluding hydrogens is 289 g/mol. The van der Waals surface area contributed by atoms with Gasteiger partial charge in [0.05, 0.1) is 5.69 Å². The van der Waals surface area contributed by atoms with Gasteiger partial charge in [-0.25, -0.2) is 4.39 Å². The molecular formula is C20H24FNO. The number of nitrogens with one attached hydrogen (secondary N) is 1. The second-order valence-electron chi connectivity index (χ2n) is 6.50. The highest BCUT2D eigenvalue weighted by Crippen LogP contribution is 2.52. The molecule has 3 rings (SSSR count). The van der Waals surface area contributed by atoms with Crippen molar-refractivity contribution < 1.29 is 9.18 Å². The number of hydrogen-bond donors (Lipinski definition) is 1. The molecule has 0 heterocycles. The van der Waals surface area contributed by atoms with Crippen LogP contribution >= 0.6 is 0 Å². The molecule has 0 aliphatic heterocycles. The Morgan fingerprint density at radius 3 is 2.09 bits per heavy atom. The van der Waals surface area contributed by atoms with Gasteiger partial charge in [0.25, 0.3) is 0 Å². The molecule has 0 bridgehead atoms. The van der Waals surface area contributed by atoms with Gasteiger partial charge < -0.3 is 5.32 Å². The van der Waals surface area contributed by atoms with Gasteiger partial charge in [-0.1, -0.05) is 36.4 Å². The van der Waals surface area contributed by atoms with Crippen molar-refractivity contribution in [3.63, 3.8) is 0 Å². The zero-order valence-electron chi connectivity index (χ0n) is 13.4. The molecule has 2 aliphatic rings. The Bertz CT molecular complexity index is 583. The van der Waals surface area contributed by atoms with E-state index in [2.05, 4.69) is 29.6 Å². The average molecular weight is 313 g/mol. The third-order valence-electron chi connectivity index (χ3n) is 4.93. The number of anilines is 1. The molecule has 1 saturated carbocycles. The van der Waals surface area contributed by atoms with Crippen molar-refractivity contribution in [1.82, 2.24) is 0 Å². The molecule has 23 heavy (non-hydrogen) atoms. The second-order valence-corrected chi connectivity index (χ2v) is 6.50. The van der Waals surface area contributed by atoms with Gasteiger partial charge >= 0.3 is 0 Å². The molecule has 1 aromatic carbocycles. The van der Waals surface area contributed by atoms with Crippen LogP contribution in [0.5, 0.6) is 0 Å². The smallest absolute Gasteiger partial charge is 0.228 e. The Morgan fingerprint density at radius 1 is 0.913 bits per heavy atom. The van der Waals surface area contributed by atoms with E-state index < -0.39 is 0 Å². The van der Waals surface area contributed by atoms with Gasteiger partial charge in [0, 0.05) is 5.92 Å². The lowest BCUT2D eigenvalue weighted by molar-refractivity contribution is -0.117. The number of halogens is 1. The Morgan fingerprint density at radius 2 is 1.48 bits per heavy atom. The van der Waals surface area contributed by atoms with Gasteiger partial charge in [-0.2, -0.15) is 0 Å². The fourth-order valence-corrected chi connectivity index (χ4v) is 3.64. The lowest BCUT2D eigenvalue weighted by Gasteiger charge is -2.05. The van der Waals surface area contributed by atoms with Gasteiger partial charge in [-0.05, 0) is 62.5 Å². The average Bonchev–Trinajstić information content (AvgIpc) is 3.22. The van der Waals surface area contributed by atoms with E-state index in [1.807, 2.05) is 0 Å². The van der Waals surface area contributed by atoms with E-state index in [4.69, 9.17) is 0 Å². The van der Waals surface area contributed by atoms with Crippen LogP contribution in [0.4, 0.5) is 10.1 Å². The molecule has 0 saturated heterocycles. The van der Waals surface area contributed by atoms with Crippen molar-refractivity contribution in [1.29, 1.82) is 0 Å². The van der Waals surface area contributed by atoms with Crippen LogP contribution in [0.3, 0.4) is 0 Å². The van der Waals surface area contributed by atoms with E-state index in [0.29, 0.717) is 17.5 Å². The van der Waals surface area contributed by atoms with E-state index in [-0.39, 0.29) is 17.6 Å². The quantitative estimate of drug-likeness (QED) is 0.757. The SMILES string of the molecule is O=C(Nc1ccccc1F)C1C2CC/C=C\CC/C=C\CCC21. The van der Waals surface area contributed by atoms with Crippen molar-refractivity contribution in [2.24, 2.45) is 17.8 Å². The summed E-state index contributed by atoms with van der Waals surface area (Å²) in [4.78, 5) is 12.5.